The predicted molar refractivity (Wildman–Crippen MR) is 86.9 cm³/mol. The lowest BCUT2D eigenvalue weighted by atomic mass is 10.2. The first-order valence-electron chi connectivity index (χ1n) is 6.86. The van der Waals surface area contributed by atoms with Crippen LogP contribution in [0.3, 0.4) is 0 Å². The molecule has 1 aromatic carbocycles. The lowest BCUT2D eigenvalue weighted by Gasteiger charge is -2.08. The Morgan fingerprint density at radius 1 is 1.22 bits per heavy atom. The fourth-order valence-corrected chi connectivity index (χ4v) is 3.02. The van der Waals surface area contributed by atoms with Gasteiger partial charge in [0.25, 0.3) is 0 Å². The van der Waals surface area contributed by atoms with Crippen molar-refractivity contribution < 1.29 is 4.39 Å². The second kappa shape index (κ2) is 7.06. The molecule has 0 aliphatic heterocycles. The van der Waals surface area contributed by atoms with Crippen molar-refractivity contribution >= 4 is 23.4 Å². The Morgan fingerprint density at radius 3 is 2.74 bits per heavy atom. The van der Waals surface area contributed by atoms with Crippen molar-refractivity contribution in [1.82, 2.24) is 24.7 Å². The fraction of sp³-hybridized carbons (Fsp3) is 0.200. The number of thioether (sulfide) groups is 1. The van der Waals surface area contributed by atoms with Crippen LogP contribution in [-0.4, -0.2) is 24.7 Å². The molecule has 0 atom stereocenters. The van der Waals surface area contributed by atoms with Crippen molar-refractivity contribution in [2.24, 2.45) is 0 Å². The molecule has 2 aromatic heterocycles. The molecule has 0 bridgehead atoms. The highest BCUT2D eigenvalue weighted by atomic mass is 35.5. The van der Waals surface area contributed by atoms with Gasteiger partial charge in [0.15, 0.2) is 5.16 Å². The van der Waals surface area contributed by atoms with E-state index in [4.69, 9.17) is 11.6 Å². The van der Waals surface area contributed by atoms with E-state index < -0.39 is 0 Å². The lowest BCUT2D eigenvalue weighted by Crippen LogP contribution is -2.08. The Balaban J connectivity index is 1.81. The van der Waals surface area contributed by atoms with Crippen LogP contribution in [0.2, 0.25) is 5.02 Å². The molecule has 3 rings (SSSR count). The predicted octanol–water partition coefficient (Wildman–Crippen LogP) is 3.51. The summed E-state index contributed by atoms with van der Waals surface area (Å²) >= 11 is 7.53. The normalized spacial score (nSPS) is 10.9. The summed E-state index contributed by atoms with van der Waals surface area (Å²) in [5.74, 6) is 1.54. The summed E-state index contributed by atoms with van der Waals surface area (Å²) in [6.07, 6.45) is 3.37. The first-order valence-corrected chi connectivity index (χ1v) is 8.23. The first kappa shape index (κ1) is 15.9. The van der Waals surface area contributed by atoms with Crippen LogP contribution in [0.1, 0.15) is 17.2 Å². The number of nitrogens with zero attached hydrogens (tertiary/aromatic N) is 5. The van der Waals surface area contributed by atoms with Gasteiger partial charge in [-0.3, -0.25) is 0 Å². The third-order valence-electron chi connectivity index (χ3n) is 3.10. The molecular formula is C15H13ClFN5S. The van der Waals surface area contributed by atoms with Crippen LogP contribution in [0.4, 0.5) is 4.39 Å². The Morgan fingerprint density at radius 2 is 2.00 bits per heavy atom. The second-order valence-electron chi connectivity index (χ2n) is 4.75. The van der Waals surface area contributed by atoms with Gasteiger partial charge >= 0.3 is 0 Å². The SMILES string of the molecule is Cc1nc(CSc2ncccn2)n(Cc2c(F)cccc2Cl)n1. The Hall–Kier alpha value is -1.99. The zero-order chi connectivity index (χ0) is 16.2. The van der Waals surface area contributed by atoms with E-state index in [0.29, 0.717) is 27.3 Å². The highest BCUT2D eigenvalue weighted by Crippen LogP contribution is 2.22. The van der Waals surface area contributed by atoms with E-state index in [9.17, 15) is 4.39 Å². The summed E-state index contributed by atoms with van der Waals surface area (Å²) in [7, 11) is 0. The minimum Gasteiger partial charge on any atom is -0.244 e. The molecule has 5 nitrogen and oxygen atoms in total. The molecule has 8 heteroatoms. The van der Waals surface area contributed by atoms with E-state index in [1.54, 1.807) is 42.2 Å². The van der Waals surface area contributed by atoms with Crippen molar-refractivity contribution in [3.8, 4) is 0 Å². The fourth-order valence-electron chi connectivity index (χ4n) is 2.05. The standard InChI is InChI=1S/C15H13ClFN5S/c1-10-20-14(9-23-15-18-6-3-7-19-15)22(21-10)8-11-12(16)4-2-5-13(11)17/h2-7H,8-9H2,1H3. The zero-order valence-corrected chi connectivity index (χ0v) is 13.9. The summed E-state index contributed by atoms with van der Waals surface area (Å²) in [6.45, 7) is 2.03. The molecule has 23 heavy (non-hydrogen) atoms. The minimum absolute atomic E-state index is 0.234. The average molecular weight is 350 g/mol. The first-order chi connectivity index (χ1) is 11.1. The maximum Gasteiger partial charge on any atom is 0.187 e. The van der Waals surface area contributed by atoms with Gasteiger partial charge in [0.05, 0.1) is 12.3 Å². The zero-order valence-electron chi connectivity index (χ0n) is 12.3. The van der Waals surface area contributed by atoms with Gasteiger partial charge in [-0.2, -0.15) is 5.10 Å². The highest BCUT2D eigenvalue weighted by Gasteiger charge is 2.13. The second-order valence-corrected chi connectivity index (χ2v) is 6.10. The lowest BCUT2D eigenvalue weighted by molar-refractivity contribution is 0.577. The van der Waals surface area contributed by atoms with Gasteiger partial charge in [-0.15, -0.1) is 0 Å². The third kappa shape index (κ3) is 3.86. The summed E-state index contributed by atoms with van der Waals surface area (Å²) in [6, 6.07) is 6.39. The monoisotopic (exact) mass is 349 g/mol. The molecule has 0 aliphatic carbocycles. The van der Waals surface area contributed by atoms with E-state index in [-0.39, 0.29) is 12.4 Å². The van der Waals surface area contributed by atoms with Gasteiger partial charge in [-0.25, -0.2) is 24.0 Å². The van der Waals surface area contributed by atoms with Crippen molar-refractivity contribution in [3.63, 3.8) is 0 Å². The molecule has 0 aliphatic rings. The molecule has 0 unspecified atom stereocenters. The number of hydrogen-bond donors (Lipinski definition) is 0. The molecule has 2 heterocycles. The smallest absolute Gasteiger partial charge is 0.187 e. The summed E-state index contributed by atoms with van der Waals surface area (Å²) in [4.78, 5) is 12.7. The van der Waals surface area contributed by atoms with Crippen LogP contribution in [-0.2, 0) is 12.3 Å². The topological polar surface area (TPSA) is 56.5 Å². The van der Waals surface area contributed by atoms with Crippen molar-refractivity contribution in [1.29, 1.82) is 0 Å². The number of rotatable bonds is 5. The third-order valence-corrected chi connectivity index (χ3v) is 4.32. The Kier molecular flexibility index (Phi) is 4.88. The molecular weight excluding hydrogens is 337 g/mol. The number of halogens is 2. The van der Waals surface area contributed by atoms with Gasteiger partial charge in [0, 0.05) is 23.0 Å². The number of hydrogen-bond acceptors (Lipinski definition) is 5. The molecule has 0 radical (unpaired) electrons. The van der Waals surface area contributed by atoms with E-state index in [1.165, 1.54) is 17.8 Å². The molecule has 0 N–H and O–H groups in total. The van der Waals surface area contributed by atoms with Crippen LogP contribution < -0.4 is 0 Å². The summed E-state index contributed by atoms with van der Waals surface area (Å²) < 4.78 is 15.6. The highest BCUT2D eigenvalue weighted by molar-refractivity contribution is 7.98. The Bertz CT molecular complexity index is 789. The average Bonchev–Trinajstić information content (AvgIpc) is 2.90. The van der Waals surface area contributed by atoms with E-state index in [1.807, 2.05) is 0 Å². The number of benzene rings is 1. The van der Waals surface area contributed by atoms with Gasteiger partial charge in [-0.1, -0.05) is 29.4 Å². The molecule has 0 saturated heterocycles. The van der Waals surface area contributed by atoms with Gasteiger partial charge in [0.2, 0.25) is 0 Å². The van der Waals surface area contributed by atoms with E-state index in [2.05, 4.69) is 20.1 Å². The molecule has 118 valence electrons. The van der Waals surface area contributed by atoms with Crippen LogP contribution in [0, 0.1) is 12.7 Å². The van der Waals surface area contributed by atoms with Crippen LogP contribution in [0.5, 0.6) is 0 Å². The number of aromatic nitrogens is 5. The summed E-state index contributed by atoms with van der Waals surface area (Å²) in [5, 5.41) is 5.36. The summed E-state index contributed by atoms with van der Waals surface area (Å²) in [5.41, 5.74) is 0.404. The quantitative estimate of drug-likeness (QED) is 0.521. The van der Waals surface area contributed by atoms with Crippen molar-refractivity contribution in [2.45, 2.75) is 24.4 Å². The Labute approximate surface area is 141 Å². The number of aryl methyl sites for hydroxylation is 1. The molecule has 0 fully saturated rings. The van der Waals surface area contributed by atoms with Crippen LogP contribution in [0.25, 0.3) is 0 Å². The van der Waals surface area contributed by atoms with Gasteiger partial charge in [-0.05, 0) is 25.1 Å². The van der Waals surface area contributed by atoms with Crippen LogP contribution >= 0.6 is 23.4 Å². The van der Waals surface area contributed by atoms with Crippen LogP contribution in [0.15, 0.2) is 41.8 Å². The van der Waals surface area contributed by atoms with Crippen molar-refractivity contribution in [3.05, 3.63) is 64.7 Å². The van der Waals surface area contributed by atoms with Crippen molar-refractivity contribution in [2.75, 3.05) is 0 Å². The molecule has 0 spiro atoms. The molecule has 0 amide bonds. The van der Waals surface area contributed by atoms with Gasteiger partial charge in [0.1, 0.15) is 17.5 Å². The minimum atomic E-state index is -0.351. The molecule has 0 saturated carbocycles. The van der Waals surface area contributed by atoms with E-state index in [0.717, 1.165) is 5.82 Å². The van der Waals surface area contributed by atoms with E-state index >= 15 is 0 Å². The maximum absolute atomic E-state index is 14.0. The van der Waals surface area contributed by atoms with Gasteiger partial charge < -0.3 is 0 Å². The molecule has 3 aromatic rings. The largest absolute Gasteiger partial charge is 0.244 e. The maximum atomic E-state index is 14.0.